The van der Waals surface area contributed by atoms with Crippen LogP contribution in [0, 0.1) is 6.92 Å². The molecule has 0 saturated carbocycles. The number of benzene rings is 7. The summed E-state index contributed by atoms with van der Waals surface area (Å²) in [6, 6.07) is 55.7. The van der Waals surface area contributed by atoms with Gasteiger partial charge in [0.05, 0.1) is 17.1 Å². The summed E-state index contributed by atoms with van der Waals surface area (Å²) in [5, 5.41) is 12.4. The van der Waals surface area contributed by atoms with Crippen molar-refractivity contribution in [2.45, 2.75) is 20.8 Å². The van der Waals surface area contributed by atoms with Gasteiger partial charge in [0.25, 0.3) is 0 Å². The summed E-state index contributed by atoms with van der Waals surface area (Å²) in [4.78, 5) is 4.74. The number of hydrogen-bond acceptors (Lipinski definition) is 3. The predicted octanol–water partition coefficient (Wildman–Crippen LogP) is 14.0. The van der Waals surface area contributed by atoms with Crippen LogP contribution in [0.15, 0.2) is 193 Å². The highest BCUT2D eigenvalue weighted by atomic mass is 14.9. The first kappa shape index (κ1) is 34.7. The minimum Gasteiger partial charge on any atom is -0.354 e. The van der Waals surface area contributed by atoms with Gasteiger partial charge in [-0.2, -0.15) is 0 Å². The smallest absolute Gasteiger partial charge is 0.0864 e. The van der Waals surface area contributed by atoms with Gasteiger partial charge in [0, 0.05) is 34.1 Å². The molecule has 0 aliphatic carbocycles. The zero-order valence-electron chi connectivity index (χ0n) is 30.4. The van der Waals surface area contributed by atoms with Crippen LogP contribution in [0.1, 0.15) is 36.1 Å². The van der Waals surface area contributed by atoms with E-state index in [-0.39, 0.29) is 0 Å². The molecule has 0 spiro atoms. The fraction of sp³-hybridized carbons (Fsp3) is 0.0600. The Bertz CT molecular complexity index is 2540. The van der Waals surface area contributed by atoms with Gasteiger partial charge in [-0.25, -0.2) is 0 Å². The van der Waals surface area contributed by atoms with Crippen LogP contribution < -0.4 is 10.6 Å². The molecule has 0 radical (unpaired) electrons. The van der Waals surface area contributed by atoms with Gasteiger partial charge in [-0.3, -0.25) is 4.99 Å². The molecule has 7 aromatic carbocycles. The summed E-state index contributed by atoms with van der Waals surface area (Å²) >= 11 is 0. The first-order valence-corrected chi connectivity index (χ1v) is 18.1. The zero-order valence-corrected chi connectivity index (χ0v) is 30.4. The van der Waals surface area contributed by atoms with E-state index in [0.29, 0.717) is 0 Å². The zero-order chi connectivity index (χ0) is 36.4. The van der Waals surface area contributed by atoms with E-state index in [4.69, 9.17) is 4.99 Å². The molecule has 0 unspecified atom stereocenters. The fourth-order valence-corrected chi connectivity index (χ4v) is 6.64. The number of nitrogens with one attached hydrogen (secondary N) is 2. The van der Waals surface area contributed by atoms with E-state index < -0.39 is 0 Å². The summed E-state index contributed by atoms with van der Waals surface area (Å²) < 4.78 is 0. The summed E-state index contributed by atoms with van der Waals surface area (Å²) in [5.74, 6) is 0. The third kappa shape index (κ3) is 8.27. The van der Waals surface area contributed by atoms with Crippen LogP contribution in [0.2, 0.25) is 0 Å². The molecule has 0 fully saturated rings. The monoisotopic (exact) mass is 685 g/mol. The van der Waals surface area contributed by atoms with Crippen LogP contribution in [-0.4, -0.2) is 6.21 Å². The summed E-state index contributed by atoms with van der Waals surface area (Å²) in [6.45, 7) is 6.35. The molecule has 7 aromatic rings. The van der Waals surface area contributed by atoms with Crippen LogP contribution in [-0.2, 0) is 0 Å². The number of allylic oxidation sites excluding steroid dienone is 7. The second kappa shape index (κ2) is 16.5. The number of aryl methyl sites for hydroxylation is 1. The van der Waals surface area contributed by atoms with E-state index in [2.05, 4.69) is 170 Å². The number of anilines is 3. The van der Waals surface area contributed by atoms with Gasteiger partial charge < -0.3 is 10.6 Å². The minimum atomic E-state index is 0.864. The van der Waals surface area contributed by atoms with Crippen LogP contribution in [0.5, 0.6) is 0 Å². The molecule has 0 atom stereocenters. The molecule has 0 aliphatic heterocycles. The van der Waals surface area contributed by atoms with Crippen molar-refractivity contribution < 1.29 is 0 Å². The Morgan fingerprint density at radius 2 is 1.25 bits per heavy atom. The van der Waals surface area contributed by atoms with Crippen molar-refractivity contribution in [2.24, 2.45) is 4.99 Å². The molecule has 0 aliphatic rings. The van der Waals surface area contributed by atoms with E-state index in [1.165, 1.54) is 38.2 Å². The first-order chi connectivity index (χ1) is 26.1. The number of aliphatic imine (C=N–C) groups is 1. The Hall–Kier alpha value is -6.71. The Balaban J connectivity index is 1.44. The highest BCUT2D eigenvalue weighted by Crippen LogP contribution is 2.38. The lowest BCUT2D eigenvalue weighted by molar-refractivity contribution is 1.43. The second-order valence-electron chi connectivity index (χ2n) is 13.1. The molecule has 3 heteroatoms. The normalized spacial score (nSPS) is 12.6. The molecule has 3 nitrogen and oxygen atoms in total. The van der Waals surface area contributed by atoms with Crippen molar-refractivity contribution in [2.75, 3.05) is 10.6 Å². The van der Waals surface area contributed by atoms with Crippen molar-refractivity contribution >= 4 is 67.4 Å². The largest absolute Gasteiger partial charge is 0.354 e. The molecular formula is C50H43N3. The lowest BCUT2D eigenvalue weighted by atomic mass is 9.92. The van der Waals surface area contributed by atoms with Crippen molar-refractivity contribution in [1.29, 1.82) is 0 Å². The molecule has 7 rings (SSSR count). The molecule has 0 heterocycles. The van der Waals surface area contributed by atoms with E-state index in [0.717, 1.165) is 45.1 Å². The minimum absolute atomic E-state index is 0.864. The quantitative estimate of drug-likeness (QED) is 0.0808. The van der Waals surface area contributed by atoms with E-state index in [1.54, 1.807) is 0 Å². The number of hydrogen-bond donors (Lipinski definition) is 2. The van der Waals surface area contributed by atoms with Crippen molar-refractivity contribution in [3.63, 3.8) is 0 Å². The maximum atomic E-state index is 4.74. The maximum absolute atomic E-state index is 4.74. The van der Waals surface area contributed by atoms with Gasteiger partial charge in [0.15, 0.2) is 0 Å². The predicted molar refractivity (Wildman–Crippen MR) is 231 cm³/mol. The average Bonchev–Trinajstić information content (AvgIpc) is 3.19. The van der Waals surface area contributed by atoms with Crippen LogP contribution in [0.25, 0.3) is 38.4 Å². The Morgan fingerprint density at radius 3 is 2.08 bits per heavy atom. The molecule has 2 N–H and O–H groups in total. The Labute approximate surface area is 313 Å². The lowest BCUT2D eigenvalue weighted by Crippen LogP contribution is -2.04. The van der Waals surface area contributed by atoms with Gasteiger partial charge in [0.2, 0.25) is 0 Å². The fourth-order valence-electron chi connectivity index (χ4n) is 6.64. The van der Waals surface area contributed by atoms with Gasteiger partial charge in [-0.05, 0) is 96.1 Å². The summed E-state index contributed by atoms with van der Waals surface area (Å²) in [6.07, 6.45) is 12.1. The molecule has 0 amide bonds. The van der Waals surface area contributed by atoms with Crippen molar-refractivity contribution in [3.8, 4) is 0 Å². The van der Waals surface area contributed by atoms with Gasteiger partial charge in [-0.1, -0.05) is 151 Å². The number of rotatable bonds is 11. The van der Waals surface area contributed by atoms with Crippen LogP contribution in [0.4, 0.5) is 22.7 Å². The summed E-state index contributed by atoms with van der Waals surface area (Å²) in [5.41, 5.74) is 11.7. The van der Waals surface area contributed by atoms with Crippen molar-refractivity contribution in [3.05, 3.63) is 210 Å². The Kier molecular flexibility index (Phi) is 10.8. The lowest BCUT2D eigenvalue weighted by Gasteiger charge is -2.21. The SMILES string of the molecule is C/C=C\C=C/C=Nc1ccccc1Nc1cccc(C(/C=C(\C)c2cccc(C)c2)=C(/Nc2cccc3ccccc23)c2cccc3ccccc23)c1. The van der Waals surface area contributed by atoms with E-state index in [9.17, 15) is 0 Å². The maximum Gasteiger partial charge on any atom is 0.0864 e. The Morgan fingerprint density at radius 1 is 0.585 bits per heavy atom. The third-order valence-corrected chi connectivity index (χ3v) is 9.28. The standard InChI is InChI=1S/C50H43N3/c1-4-5-6-13-32-51-48-29-11-12-30-49(48)52-42-25-15-24-41(35-42)46(34-37(3)40-23-14-18-36(2)33-40)50(45-28-16-21-38-19-7-9-26-43(38)45)53-47-31-17-22-39-20-8-10-27-44(39)47/h4-35,52-53H,1-3H3/b5-4-,13-6-,37-34+,50-46+,51-32?. The second-order valence-corrected chi connectivity index (χ2v) is 13.1. The van der Waals surface area contributed by atoms with Gasteiger partial charge in [0.1, 0.15) is 0 Å². The molecular weight excluding hydrogens is 643 g/mol. The topological polar surface area (TPSA) is 36.4 Å². The highest BCUT2D eigenvalue weighted by Gasteiger charge is 2.16. The molecule has 53 heavy (non-hydrogen) atoms. The highest BCUT2D eigenvalue weighted by molar-refractivity contribution is 6.10. The third-order valence-electron chi connectivity index (χ3n) is 9.28. The number of fused-ring (bicyclic) bond motifs is 2. The number of nitrogens with zero attached hydrogens (tertiary/aromatic N) is 1. The van der Waals surface area contributed by atoms with Crippen LogP contribution >= 0.6 is 0 Å². The molecule has 0 bridgehead atoms. The van der Waals surface area contributed by atoms with Crippen LogP contribution in [0.3, 0.4) is 0 Å². The number of para-hydroxylation sites is 2. The van der Waals surface area contributed by atoms with Crippen molar-refractivity contribution in [1.82, 2.24) is 0 Å². The molecule has 0 saturated heterocycles. The molecule has 258 valence electrons. The average molecular weight is 686 g/mol. The van der Waals surface area contributed by atoms with E-state index >= 15 is 0 Å². The summed E-state index contributed by atoms with van der Waals surface area (Å²) in [7, 11) is 0. The first-order valence-electron chi connectivity index (χ1n) is 18.1. The van der Waals surface area contributed by atoms with Gasteiger partial charge >= 0.3 is 0 Å². The van der Waals surface area contributed by atoms with E-state index in [1.807, 2.05) is 55.6 Å². The molecule has 0 aromatic heterocycles. The van der Waals surface area contributed by atoms with Gasteiger partial charge in [-0.15, -0.1) is 0 Å².